The highest BCUT2D eigenvalue weighted by atomic mass is 16.2. The fourth-order valence-corrected chi connectivity index (χ4v) is 6.62. The second-order valence-corrected chi connectivity index (χ2v) is 9.49. The number of rotatable bonds is 4. The van der Waals surface area contributed by atoms with Crippen LogP contribution in [0.15, 0.2) is 0 Å². The summed E-state index contributed by atoms with van der Waals surface area (Å²) in [4.78, 5) is 12.7. The van der Waals surface area contributed by atoms with Gasteiger partial charge in [0.1, 0.15) is 0 Å². The zero-order valence-corrected chi connectivity index (χ0v) is 14.2. The Labute approximate surface area is 129 Å². The van der Waals surface area contributed by atoms with E-state index in [4.69, 9.17) is 5.73 Å². The van der Waals surface area contributed by atoms with E-state index in [2.05, 4.69) is 33.0 Å². The average Bonchev–Trinajstić information content (AvgIpc) is 2.22. The summed E-state index contributed by atoms with van der Waals surface area (Å²) in [6, 6.07) is 0. The molecule has 0 aromatic carbocycles. The molecule has 4 bridgehead atoms. The lowest BCUT2D eigenvalue weighted by Gasteiger charge is -2.65. The number of amides is 1. The molecule has 3 heteroatoms. The summed E-state index contributed by atoms with van der Waals surface area (Å²) in [5.74, 6) is 1.28. The van der Waals surface area contributed by atoms with Crippen molar-refractivity contribution >= 4 is 5.91 Å². The van der Waals surface area contributed by atoms with Crippen LogP contribution in [0.25, 0.3) is 0 Å². The Balaban J connectivity index is 1.80. The lowest BCUT2D eigenvalue weighted by Crippen LogP contribution is -2.66. The molecule has 0 aromatic heterocycles. The van der Waals surface area contributed by atoms with Crippen molar-refractivity contribution < 1.29 is 4.79 Å². The Morgan fingerprint density at radius 1 is 1.14 bits per heavy atom. The second kappa shape index (κ2) is 4.71. The van der Waals surface area contributed by atoms with E-state index in [1.807, 2.05) is 0 Å². The fraction of sp³-hybridized carbons (Fsp3) is 0.944. The number of hydrogen-bond acceptors (Lipinski definition) is 2. The van der Waals surface area contributed by atoms with Crippen molar-refractivity contribution in [2.45, 2.75) is 71.8 Å². The van der Waals surface area contributed by atoms with E-state index in [1.165, 1.54) is 38.5 Å². The molecule has 4 fully saturated rings. The first kappa shape index (κ1) is 15.3. The fourth-order valence-electron chi connectivity index (χ4n) is 6.62. The first-order chi connectivity index (χ1) is 9.68. The number of carbonyl (C=O) groups is 1. The summed E-state index contributed by atoms with van der Waals surface area (Å²) in [6.45, 7) is 9.54. The molecule has 0 heterocycles. The summed E-state index contributed by atoms with van der Waals surface area (Å²) < 4.78 is 0. The molecule has 0 saturated heterocycles. The van der Waals surface area contributed by atoms with Gasteiger partial charge in [0.15, 0.2) is 0 Å². The molecular formula is C18H32N2O. The number of nitrogens with two attached hydrogens (primary N) is 1. The summed E-state index contributed by atoms with van der Waals surface area (Å²) in [6.07, 6.45) is 7.62. The Bertz CT molecular complexity index is 426. The van der Waals surface area contributed by atoms with E-state index >= 15 is 0 Å². The minimum absolute atomic E-state index is 0.0429. The zero-order chi connectivity index (χ0) is 15.5. The van der Waals surface area contributed by atoms with Crippen LogP contribution in [0.3, 0.4) is 0 Å². The van der Waals surface area contributed by atoms with E-state index in [0.29, 0.717) is 23.3 Å². The van der Waals surface area contributed by atoms with Gasteiger partial charge in [-0.3, -0.25) is 4.79 Å². The van der Waals surface area contributed by atoms with Crippen molar-refractivity contribution in [3.63, 3.8) is 0 Å². The molecule has 3 N–H and O–H groups in total. The summed E-state index contributed by atoms with van der Waals surface area (Å²) in [7, 11) is 0. The Morgan fingerprint density at radius 2 is 1.71 bits per heavy atom. The predicted molar refractivity (Wildman–Crippen MR) is 85.7 cm³/mol. The van der Waals surface area contributed by atoms with Crippen LogP contribution in [-0.2, 0) is 4.79 Å². The van der Waals surface area contributed by atoms with Crippen LogP contribution in [0.1, 0.15) is 66.2 Å². The van der Waals surface area contributed by atoms with E-state index in [9.17, 15) is 4.79 Å². The van der Waals surface area contributed by atoms with Gasteiger partial charge in [-0.1, -0.05) is 27.7 Å². The van der Waals surface area contributed by atoms with Crippen LogP contribution in [0.4, 0.5) is 0 Å². The lowest BCUT2D eigenvalue weighted by molar-refractivity contribution is -0.143. The van der Waals surface area contributed by atoms with Gasteiger partial charge in [0, 0.05) is 12.1 Å². The van der Waals surface area contributed by atoms with E-state index < -0.39 is 0 Å². The number of hydrogen-bond donors (Lipinski definition) is 2. The molecule has 0 spiro atoms. The SMILES string of the molecule is CC(C)C(CN)C(=O)NC12CC3CC(C)(CC(C)(C3)C1)C2. The van der Waals surface area contributed by atoms with Crippen LogP contribution >= 0.6 is 0 Å². The van der Waals surface area contributed by atoms with E-state index in [-0.39, 0.29) is 17.4 Å². The smallest absolute Gasteiger partial charge is 0.225 e. The van der Waals surface area contributed by atoms with Gasteiger partial charge in [0.05, 0.1) is 5.92 Å². The highest BCUT2D eigenvalue weighted by molar-refractivity contribution is 5.80. The Hall–Kier alpha value is -0.570. The van der Waals surface area contributed by atoms with Gasteiger partial charge in [-0.25, -0.2) is 0 Å². The summed E-state index contributed by atoms with van der Waals surface area (Å²) in [5.41, 5.74) is 6.77. The molecule has 0 aliphatic heterocycles. The van der Waals surface area contributed by atoms with E-state index in [1.54, 1.807) is 0 Å². The molecule has 21 heavy (non-hydrogen) atoms. The first-order valence-corrected chi connectivity index (χ1v) is 8.70. The molecule has 120 valence electrons. The van der Waals surface area contributed by atoms with Gasteiger partial charge in [-0.2, -0.15) is 0 Å². The van der Waals surface area contributed by atoms with Crippen LogP contribution < -0.4 is 11.1 Å². The maximum absolute atomic E-state index is 12.7. The lowest BCUT2D eigenvalue weighted by atomic mass is 9.42. The average molecular weight is 292 g/mol. The van der Waals surface area contributed by atoms with Crippen molar-refractivity contribution in [1.82, 2.24) is 5.32 Å². The van der Waals surface area contributed by atoms with Gasteiger partial charge in [0.25, 0.3) is 0 Å². The normalized spacial score (nSPS) is 45.9. The topological polar surface area (TPSA) is 55.1 Å². The predicted octanol–water partition coefficient (Wildman–Crippen LogP) is 3.08. The van der Waals surface area contributed by atoms with Crippen molar-refractivity contribution in [2.24, 2.45) is 34.3 Å². The third-order valence-electron chi connectivity index (χ3n) is 6.41. The summed E-state index contributed by atoms with van der Waals surface area (Å²) in [5, 5.41) is 3.49. The second-order valence-electron chi connectivity index (χ2n) is 9.49. The highest BCUT2D eigenvalue weighted by Crippen LogP contribution is 2.66. The maximum atomic E-state index is 12.7. The van der Waals surface area contributed by atoms with E-state index in [0.717, 1.165) is 5.92 Å². The largest absolute Gasteiger partial charge is 0.350 e. The van der Waals surface area contributed by atoms with Crippen molar-refractivity contribution in [1.29, 1.82) is 0 Å². The molecule has 4 aliphatic rings. The first-order valence-electron chi connectivity index (χ1n) is 8.70. The van der Waals surface area contributed by atoms with Crippen LogP contribution in [0.2, 0.25) is 0 Å². The highest BCUT2D eigenvalue weighted by Gasteiger charge is 2.60. The van der Waals surface area contributed by atoms with Crippen molar-refractivity contribution in [3.05, 3.63) is 0 Å². The van der Waals surface area contributed by atoms with Gasteiger partial charge < -0.3 is 11.1 Å². The molecule has 3 atom stereocenters. The van der Waals surface area contributed by atoms with Gasteiger partial charge in [0.2, 0.25) is 5.91 Å². The molecule has 0 radical (unpaired) electrons. The minimum atomic E-state index is -0.0429. The molecule has 0 aromatic rings. The van der Waals surface area contributed by atoms with Gasteiger partial charge in [-0.05, 0) is 61.2 Å². The van der Waals surface area contributed by atoms with Gasteiger partial charge >= 0.3 is 0 Å². The third-order valence-corrected chi connectivity index (χ3v) is 6.41. The quantitative estimate of drug-likeness (QED) is 0.836. The van der Waals surface area contributed by atoms with Crippen molar-refractivity contribution in [2.75, 3.05) is 6.54 Å². The summed E-state index contributed by atoms with van der Waals surface area (Å²) >= 11 is 0. The number of nitrogens with one attached hydrogen (secondary N) is 1. The van der Waals surface area contributed by atoms with Crippen molar-refractivity contribution in [3.8, 4) is 0 Å². The molecule has 1 amide bonds. The monoisotopic (exact) mass is 292 g/mol. The van der Waals surface area contributed by atoms with Crippen LogP contribution in [-0.4, -0.2) is 18.0 Å². The standard InChI is InChI=1S/C18H32N2O/c1-12(2)14(8-19)15(21)20-18-7-13-5-16(3,10-18)9-17(4,6-13)11-18/h12-14H,5-11,19H2,1-4H3,(H,20,21). The maximum Gasteiger partial charge on any atom is 0.225 e. The van der Waals surface area contributed by atoms with Crippen LogP contribution in [0, 0.1) is 28.6 Å². The molecule has 4 aliphatic carbocycles. The van der Waals surface area contributed by atoms with Crippen LogP contribution in [0.5, 0.6) is 0 Å². The molecule has 4 saturated carbocycles. The molecule has 4 rings (SSSR count). The number of carbonyl (C=O) groups excluding carboxylic acids is 1. The Morgan fingerprint density at radius 3 is 2.14 bits per heavy atom. The minimum Gasteiger partial charge on any atom is -0.350 e. The molecule has 3 nitrogen and oxygen atoms in total. The Kier molecular flexibility index (Phi) is 3.44. The van der Waals surface area contributed by atoms with Gasteiger partial charge in [-0.15, -0.1) is 0 Å². The third kappa shape index (κ3) is 2.62. The molecular weight excluding hydrogens is 260 g/mol. The zero-order valence-electron chi connectivity index (χ0n) is 14.2. The molecule has 3 unspecified atom stereocenters.